The molecule has 0 radical (unpaired) electrons. The molecule has 4 heteroatoms. The molecule has 1 aromatic rings. The van der Waals surface area contributed by atoms with Crippen molar-refractivity contribution in [1.82, 2.24) is 4.98 Å². The van der Waals surface area contributed by atoms with Crippen LogP contribution in [0, 0.1) is 0 Å². The highest BCUT2D eigenvalue weighted by Gasteiger charge is 2.00. The van der Waals surface area contributed by atoms with Crippen molar-refractivity contribution < 1.29 is 4.79 Å². The van der Waals surface area contributed by atoms with Crippen molar-refractivity contribution in [1.29, 1.82) is 0 Å². The molecule has 0 atom stereocenters. The first kappa shape index (κ1) is 8.26. The van der Waals surface area contributed by atoms with Gasteiger partial charge in [0.15, 0.2) is 5.82 Å². The quantitative estimate of drug-likeness (QED) is 0.633. The van der Waals surface area contributed by atoms with Gasteiger partial charge in [0.05, 0.1) is 5.69 Å². The minimum atomic E-state index is -0.319. The summed E-state index contributed by atoms with van der Waals surface area (Å²) in [4.78, 5) is 14.7. The molecule has 0 saturated carbocycles. The third kappa shape index (κ3) is 1.82. The van der Waals surface area contributed by atoms with Crippen LogP contribution in [0.4, 0.5) is 11.5 Å². The van der Waals surface area contributed by atoms with E-state index in [1.165, 1.54) is 0 Å². The first-order chi connectivity index (χ1) is 5.74. The van der Waals surface area contributed by atoms with Gasteiger partial charge in [0.25, 0.3) is 0 Å². The fourth-order valence-corrected chi connectivity index (χ4v) is 0.690. The number of carbonyl (C=O) groups is 1. The summed E-state index contributed by atoms with van der Waals surface area (Å²) in [5.41, 5.74) is 5.95. The van der Waals surface area contributed by atoms with Crippen LogP contribution in [0.15, 0.2) is 31.0 Å². The van der Waals surface area contributed by atoms with Gasteiger partial charge in [-0.25, -0.2) is 4.98 Å². The molecule has 62 valence electrons. The molecule has 4 nitrogen and oxygen atoms in total. The van der Waals surface area contributed by atoms with Crippen LogP contribution >= 0.6 is 0 Å². The fourth-order valence-electron chi connectivity index (χ4n) is 0.690. The third-order valence-electron chi connectivity index (χ3n) is 1.27. The molecule has 0 aromatic carbocycles. The Balaban J connectivity index is 2.82. The van der Waals surface area contributed by atoms with Gasteiger partial charge in [-0.15, -0.1) is 0 Å². The van der Waals surface area contributed by atoms with Gasteiger partial charge < -0.3 is 11.1 Å². The van der Waals surface area contributed by atoms with E-state index in [1.807, 2.05) is 0 Å². The number of anilines is 2. The van der Waals surface area contributed by atoms with Gasteiger partial charge in [-0.05, 0) is 18.2 Å². The first-order valence-corrected chi connectivity index (χ1v) is 3.38. The summed E-state index contributed by atoms with van der Waals surface area (Å²) < 4.78 is 0. The number of hydrogen-bond donors (Lipinski definition) is 2. The number of aromatic nitrogens is 1. The zero-order valence-electron chi connectivity index (χ0n) is 6.45. The molecule has 0 aliphatic carbocycles. The summed E-state index contributed by atoms with van der Waals surface area (Å²) in [7, 11) is 0. The summed E-state index contributed by atoms with van der Waals surface area (Å²) in [6.07, 6.45) is 2.71. The normalized spacial score (nSPS) is 9.00. The molecule has 0 aliphatic heterocycles. The molecule has 3 N–H and O–H groups in total. The summed E-state index contributed by atoms with van der Waals surface area (Å²) in [6.45, 7) is 3.31. The maximum absolute atomic E-state index is 10.8. The van der Waals surface area contributed by atoms with Gasteiger partial charge in [-0.2, -0.15) is 0 Å². The zero-order valence-corrected chi connectivity index (χ0v) is 6.45. The topological polar surface area (TPSA) is 68.0 Å². The van der Waals surface area contributed by atoms with Gasteiger partial charge in [0, 0.05) is 6.20 Å². The van der Waals surface area contributed by atoms with Gasteiger partial charge in [0.2, 0.25) is 5.91 Å². The van der Waals surface area contributed by atoms with Gasteiger partial charge in [0.1, 0.15) is 0 Å². The Labute approximate surface area is 70.1 Å². The van der Waals surface area contributed by atoms with E-state index in [9.17, 15) is 4.79 Å². The van der Waals surface area contributed by atoms with E-state index in [-0.39, 0.29) is 5.91 Å². The Bertz CT molecular complexity index is 309. The standard InChI is InChI=1S/C8H9N3O/c1-2-7(12)11-8-6(9)4-3-5-10-8/h2-5H,1,9H2,(H,10,11,12). The lowest BCUT2D eigenvalue weighted by Crippen LogP contribution is -2.10. The highest BCUT2D eigenvalue weighted by Crippen LogP contribution is 2.12. The average Bonchev–Trinajstić information content (AvgIpc) is 2.09. The Kier molecular flexibility index (Phi) is 2.42. The maximum atomic E-state index is 10.8. The van der Waals surface area contributed by atoms with Crippen LogP contribution in [0.25, 0.3) is 0 Å². The van der Waals surface area contributed by atoms with E-state index < -0.39 is 0 Å². The summed E-state index contributed by atoms with van der Waals surface area (Å²) >= 11 is 0. The summed E-state index contributed by atoms with van der Waals surface area (Å²) in [5, 5.41) is 2.47. The van der Waals surface area contributed by atoms with E-state index in [1.54, 1.807) is 18.3 Å². The predicted octanol–water partition coefficient (Wildman–Crippen LogP) is 0.788. The number of nitrogen functional groups attached to an aromatic ring is 1. The number of carbonyl (C=O) groups excluding carboxylic acids is 1. The van der Waals surface area contributed by atoms with Crippen LogP contribution in [0.2, 0.25) is 0 Å². The summed E-state index contributed by atoms with van der Waals surface area (Å²) in [5.74, 6) is 0.0443. The minimum Gasteiger partial charge on any atom is -0.396 e. The van der Waals surface area contributed by atoms with Crippen LogP contribution < -0.4 is 11.1 Å². The monoisotopic (exact) mass is 163 g/mol. The van der Waals surface area contributed by atoms with Gasteiger partial charge in [-0.1, -0.05) is 6.58 Å². The molecule has 1 rings (SSSR count). The van der Waals surface area contributed by atoms with Gasteiger partial charge >= 0.3 is 0 Å². The van der Waals surface area contributed by atoms with Crippen LogP contribution in [-0.2, 0) is 4.79 Å². The average molecular weight is 163 g/mol. The molecular weight excluding hydrogens is 154 g/mol. The lowest BCUT2D eigenvalue weighted by atomic mass is 10.4. The Hall–Kier alpha value is -1.84. The zero-order chi connectivity index (χ0) is 8.97. The molecular formula is C8H9N3O. The number of rotatable bonds is 2. The van der Waals surface area contributed by atoms with Crippen LogP contribution in [-0.4, -0.2) is 10.9 Å². The van der Waals surface area contributed by atoms with Gasteiger partial charge in [-0.3, -0.25) is 4.79 Å². The van der Waals surface area contributed by atoms with E-state index in [4.69, 9.17) is 5.73 Å². The van der Waals surface area contributed by atoms with Crippen molar-refractivity contribution in [2.75, 3.05) is 11.1 Å². The van der Waals surface area contributed by atoms with E-state index in [0.717, 1.165) is 6.08 Å². The number of hydrogen-bond acceptors (Lipinski definition) is 3. The van der Waals surface area contributed by atoms with Crippen LogP contribution in [0.1, 0.15) is 0 Å². The van der Waals surface area contributed by atoms with E-state index in [0.29, 0.717) is 11.5 Å². The highest BCUT2D eigenvalue weighted by atomic mass is 16.1. The molecule has 0 fully saturated rings. The number of amides is 1. The highest BCUT2D eigenvalue weighted by molar-refractivity contribution is 5.99. The second-order valence-electron chi connectivity index (χ2n) is 2.13. The Morgan fingerprint density at radius 2 is 2.50 bits per heavy atom. The molecule has 0 aliphatic rings. The lowest BCUT2D eigenvalue weighted by molar-refractivity contribution is -0.111. The van der Waals surface area contributed by atoms with Crippen molar-refractivity contribution in [2.45, 2.75) is 0 Å². The SMILES string of the molecule is C=CC(=O)Nc1ncccc1N. The number of nitrogens with one attached hydrogen (secondary N) is 1. The second-order valence-corrected chi connectivity index (χ2v) is 2.13. The maximum Gasteiger partial charge on any atom is 0.248 e. The largest absolute Gasteiger partial charge is 0.396 e. The lowest BCUT2D eigenvalue weighted by Gasteiger charge is -2.02. The first-order valence-electron chi connectivity index (χ1n) is 3.38. The Morgan fingerprint density at radius 3 is 3.08 bits per heavy atom. The molecule has 1 heterocycles. The van der Waals surface area contributed by atoms with Crippen molar-refractivity contribution in [2.24, 2.45) is 0 Å². The summed E-state index contributed by atoms with van der Waals surface area (Å²) in [6, 6.07) is 3.35. The van der Waals surface area contributed by atoms with Crippen molar-refractivity contribution in [3.05, 3.63) is 31.0 Å². The predicted molar refractivity (Wildman–Crippen MR) is 47.5 cm³/mol. The van der Waals surface area contributed by atoms with Crippen molar-refractivity contribution in [3.63, 3.8) is 0 Å². The van der Waals surface area contributed by atoms with E-state index >= 15 is 0 Å². The third-order valence-corrected chi connectivity index (χ3v) is 1.27. The molecule has 0 spiro atoms. The number of nitrogens with two attached hydrogens (primary N) is 1. The Morgan fingerprint density at radius 1 is 1.75 bits per heavy atom. The molecule has 12 heavy (non-hydrogen) atoms. The molecule has 0 unspecified atom stereocenters. The van der Waals surface area contributed by atoms with Crippen molar-refractivity contribution in [3.8, 4) is 0 Å². The fraction of sp³-hybridized carbons (Fsp3) is 0. The van der Waals surface area contributed by atoms with Crippen LogP contribution in [0.5, 0.6) is 0 Å². The van der Waals surface area contributed by atoms with Crippen molar-refractivity contribution >= 4 is 17.4 Å². The minimum absolute atomic E-state index is 0.319. The molecule has 0 saturated heterocycles. The second kappa shape index (κ2) is 3.52. The smallest absolute Gasteiger partial charge is 0.248 e. The number of nitrogens with zero attached hydrogens (tertiary/aromatic N) is 1. The molecule has 0 bridgehead atoms. The van der Waals surface area contributed by atoms with Crippen LogP contribution in [0.3, 0.4) is 0 Å². The molecule has 1 amide bonds. The number of pyridine rings is 1. The molecule has 1 aromatic heterocycles. The van der Waals surface area contributed by atoms with E-state index in [2.05, 4.69) is 16.9 Å².